The normalized spacial score (nSPS) is 12.0. The summed E-state index contributed by atoms with van der Waals surface area (Å²) in [5.74, 6) is -0.464. The summed E-state index contributed by atoms with van der Waals surface area (Å²) in [6.45, 7) is 3.82. The van der Waals surface area contributed by atoms with E-state index < -0.39 is 6.04 Å². The number of anilines is 1. The third-order valence-electron chi connectivity index (χ3n) is 3.98. The first-order chi connectivity index (χ1) is 13.0. The van der Waals surface area contributed by atoms with Crippen molar-refractivity contribution in [3.05, 3.63) is 58.8 Å². The molecule has 0 spiro atoms. The van der Waals surface area contributed by atoms with Crippen LogP contribution in [-0.2, 0) is 16.0 Å². The van der Waals surface area contributed by atoms with E-state index in [0.29, 0.717) is 5.13 Å². The molecule has 3 aromatic rings. The fourth-order valence-corrected chi connectivity index (χ4v) is 4.07. The van der Waals surface area contributed by atoms with E-state index in [9.17, 15) is 9.59 Å². The molecule has 7 heteroatoms. The minimum atomic E-state index is -0.615. The van der Waals surface area contributed by atoms with Crippen LogP contribution in [0.5, 0.6) is 0 Å². The third-order valence-corrected chi connectivity index (χ3v) is 5.63. The van der Waals surface area contributed by atoms with Crippen LogP contribution >= 0.6 is 22.7 Å². The Morgan fingerprint density at radius 2 is 1.85 bits per heavy atom. The number of rotatable bonds is 7. The molecule has 1 unspecified atom stereocenters. The zero-order chi connectivity index (χ0) is 19.2. The number of thiazole rings is 1. The van der Waals surface area contributed by atoms with Gasteiger partial charge in [-0.3, -0.25) is 9.59 Å². The molecule has 140 valence electrons. The van der Waals surface area contributed by atoms with E-state index in [4.69, 9.17) is 0 Å². The van der Waals surface area contributed by atoms with Crippen LogP contribution < -0.4 is 10.6 Å². The molecule has 0 bridgehead atoms. The molecule has 2 amide bonds. The van der Waals surface area contributed by atoms with Crippen molar-refractivity contribution in [3.63, 3.8) is 0 Å². The molecule has 0 saturated heterocycles. The van der Waals surface area contributed by atoms with E-state index in [2.05, 4.69) is 15.6 Å². The standard InChI is InChI=1S/C20H21N3O2S2/c1-13(2)18(22-17(24)11-14-7-4-3-5-8-14)19(25)23-20-21-15(12-27-20)16-9-6-10-26-16/h3-10,12-13,18H,11H2,1-2H3,(H,22,24)(H,21,23,25). The number of amides is 2. The number of aromatic nitrogens is 1. The van der Waals surface area contributed by atoms with E-state index in [0.717, 1.165) is 16.1 Å². The molecular formula is C20H21N3O2S2. The van der Waals surface area contributed by atoms with Gasteiger partial charge in [0.15, 0.2) is 5.13 Å². The summed E-state index contributed by atoms with van der Waals surface area (Å²) in [6, 6.07) is 12.8. The number of hydrogen-bond donors (Lipinski definition) is 2. The predicted octanol–water partition coefficient (Wildman–Crippen LogP) is 4.19. The van der Waals surface area contributed by atoms with Gasteiger partial charge in [0, 0.05) is 5.38 Å². The molecule has 2 N–H and O–H groups in total. The smallest absolute Gasteiger partial charge is 0.248 e. The second-order valence-electron chi connectivity index (χ2n) is 6.46. The second kappa shape index (κ2) is 8.92. The summed E-state index contributed by atoms with van der Waals surface area (Å²) < 4.78 is 0. The first-order valence-electron chi connectivity index (χ1n) is 8.66. The highest BCUT2D eigenvalue weighted by atomic mass is 32.1. The Morgan fingerprint density at radius 1 is 1.07 bits per heavy atom. The number of nitrogens with zero attached hydrogens (tertiary/aromatic N) is 1. The number of carbonyl (C=O) groups excluding carboxylic acids is 2. The Balaban J connectivity index is 1.62. The summed E-state index contributed by atoms with van der Waals surface area (Å²) in [7, 11) is 0. The summed E-state index contributed by atoms with van der Waals surface area (Å²) >= 11 is 2.98. The molecule has 5 nitrogen and oxygen atoms in total. The summed E-state index contributed by atoms with van der Waals surface area (Å²) in [5, 5.41) is 10.1. The van der Waals surface area contributed by atoms with Crippen LogP contribution in [-0.4, -0.2) is 22.8 Å². The van der Waals surface area contributed by atoms with Crippen LogP contribution in [0.4, 0.5) is 5.13 Å². The van der Waals surface area contributed by atoms with E-state index in [-0.39, 0.29) is 24.2 Å². The van der Waals surface area contributed by atoms with Crippen molar-refractivity contribution in [2.45, 2.75) is 26.3 Å². The fourth-order valence-electron chi connectivity index (χ4n) is 2.59. The number of hydrogen-bond acceptors (Lipinski definition) is 5. The Morgan fingerprint density at radius 3 is 2.52 bits per heavy atom. The molecule has 1 aromatic carbocycles. The van der Waals surface area contributed by atoms with Gasteiger partial charge in [-0.25, -0.2) is 4.98 Å². The Labute approximate surface area is 166 Å². The van der Waals surface area contributed by atoms with Crippen LogP contribution in [0.15, 0.2) is 53.2 Å². The van der Waals surface area contributed by atoms with Gasteiger partial charge in [0.25, 0.3) is 0 Å². The zero-order valence-electron chi connectivity index (χ0n) is 15.1. The molecular weight excluding hydrogens is 378 g/mol. The van der Waals surface area contributed by atoms with Gasteiger partial charge in [-0.05, 0) is 22.9 Å². The number of thiophene rings is 1. The van der Waals surface area contributed by atoms with Gasteiger partial charge in [-0.2, -0.15) is 0 Å². The monoisotopic (exact) mass is 399 g/mol. The molecule has 0 aliphatic carbocycles. The van der Waals surface area contributed by atoms with Crippen molar-refractivity contribution < 1.29 is 9.59 Å². The molecule has 0 fully saturated rings. The maximum Gasteiger partial charge on any atom is 0.248 e. The van der Waals surface area contributed by atoms with Crippen molar-refractivity contribution >= 4 is 39.6 Å². The van der Waals surface area contributed by atoms with Gasteiger partial charge in [-0.15, -0.1) is 22.7 Å². The largest absolute Gasteiger partial charge is 0.344 e. The summed E-state index contributed by atoms with van der Waals surface area (Å²) in [5.41, 5.74) is 1.76. The highest BCUT2D eigenvalue weighted by molar-refractivity contribution is 7.16. The topological polar surface area (TPSA) is 71.1 Å². The van der Waals surface area contributed by atoms with Crippen LogP contribution in [0, 0.1) is 5.92 Å². The predicted molar refractivity (Wildman–Crippen MR) is 111 cm³/mol. The molecule has 0 aliphatic heterocycles. The van der Waals surface area contributed by atoms with E-state index in [1.165, 1.54) is 11.3 Å². The first-order valence-corrected chi connectivity index (χ1v) is 10.4. The fraction of sp³-hybridized carbons (Fsp3) is 0.250. The number of nitrogens with one attached hydrogen (secondary N) is 2. The molecule has 27 heavy (non-hydrogen) atoms. The van der Waals surface area contributed by atoms with Crippen LogP contribution in [0.25, 0.3) is 10.6 Å². The van der Waals surface area contributed by atoms with E-state index in [1.807, 2.05) is 67.1 Å². The molecule has 2 aromatic heterocycles. The van der Waals surface area contributed by atoms with E-state index >= 15 is 0 Å². The molecule has 0 saturated carbocycles. The lowest BCUT2D eigenvalue weighted by molar-refractivity contribution is -0.127. The molecule has 0 aliphatic rings. The van der Waals surface area contributed by atoms with Crippen molar-refractivity contribution in [3.8, 4) is 10.6 Å². The van der Waals surface area contributed by atoms with Crippen LogP contribution in [0.1, 0.15) is 19.4 Å². The molecule has 1 atom stereocenters. The van der Waals surface area contributed by atoms with E-state index in [1.54, 1.807) is 11.3 Å². The Kier molecular flexibility index (Phi) is 6.36. The summed E-state index contributed by atoms with van der Waals surface area (Å²) in [6.07, 6.45) is 0.247. The number of benzene rings is 1. The average Bonchev–Trinajstić information content (AvgIpc) is 3.31. The molecule has 2 heterocycles. The maximum absolute atomic E-state index is 12.7. The lowest BCUT2D eigenvalue weighted by Crippen LogP contribution is -2.47. The van der Waals surface area contributed by atoms with Crippen molar-refractivity contribution in [1.29, 1.82) is 0 Å². The van der Waals surface area contributed by atoms with Crippen LogP contribution in [0.2, 0.25) is 0 Å². The van der Waals surface area contributed by atoms with Crippen molar-refractivity contribution in [2.24, 2.45) is 5.92 Å². The minimum absolute atomic E-state index is 0.0403. The van der Waals surface area contributed by atoms with Crippen molar-refractivity contribution in [1.82, 2.24) is 10.3 Å². The van der Waals surface area contributed by atoms with Gasteiger partial charge in [-0.1, -0.05) is 50.2 Å². The molecule has 0 radical (unpaired) electrons. The van der Waals surface area contributed by atoms with Gasteiger partial charge >= 0.3 is 0 Å². The number of carbonyl (C=O) groups is 2. The van der Waals surface area contributed by atoms with Gasteiger partial charge in [0.2, 0.25) is 11.8 Å². The maximum atomic E-state index is 12.7. The van der Waals surface area contributed by atoms with Crippen LogP contribution in [0.3, 0.4) is 0 Å². The quantitative estimate of drug-likeness (QED) is 0.626. The average molecular weight is 400 g/mol. The molecule has 3 rings (SSSR count). The highest BCUT2D eigenvalue weighted by Gasteiger charge is 2.25. The Bertz CT molecular complexity index is 889. The van der Waals surface area contributed by atoms with Gasteiger partial charge < -0.3 is 10.6 Å². The SMILES string of the molecule is CC(C)C(NC(=O)Cc1ccccc1)C(=O)Nc1nc(-c2cccs2)cs1. The van der Waals surface area contributed by atoms with Gasteiger partial charge in [0.1, 0.15) is 6.04 Å². The highest BCUT2D eigenvalue weighted by Crippen LogP contribution is 2.28. The summed E-state index contributed by atoms with van der Waals surface area (Å²) in [4.78, 5) is 30.5. The zero-order valence-corrected chi connectivity index (χ0v) is 16.8. The first kappa shape index (κ1) is 19.3. The second-order valence-corrected chi connectivity index (χ2v) is 8.26. The third kappa shape index (κ3) is 5.24. The lowest BCUT2D eigenvalue weighted by Gasteiger charge is -2.21. The lowest BCUT2D eigenvalue weighted by atomic mass is 10.0. The Hall–Kier alpha value is -2.51. The minimum Gasteiger partial charge on any atom is -0.344 e. The van der Waals surface area contributed by atoms with Gasteiger partial charge in [0.05, 0.1) is 17.0 Å². The van der Waals surface area contributed by atoms with Crippen molar-refractivity contribution in [2.75, 3.05) is 5.32 Å².